The minimum atomic E-state index is -4.46. The monoisotopic (exact) mass is 879 g/mol. The lowest BCUT2D eigenvalue weighted by Crippen LogP contribution is -2.37. The molecule has 0 aliphatic rings. The highest BCUT2D eigenvalue weighted by molar-refractivity contribution is 7.47. The van der Waals surface area contributed by atoms with Crippen molar-refractivity contribution in [2.45, 2.75) is 123 Å². The van der Waals surface area contributed by atoms with E-state index in [-0.39, 0.29) is 6.61 Å². The molecule has 0 rings (SSSR count). The summed E-state index contributed by atoms with van der Waals surface area (Å²) in [5.41, 5.74) is 0. The van der Waals surface area contributed by atoms with Crippen LogP contribution in [-0.2, 0) is 32.7 Å². The van der Waals surface area contributed by atoms with Crippen LogP contribution in [0.25, 0.3) is 0 Å². The minimum Gasteiger partial charge on any atom is -0.458 e. The molecule has 0 aliphatic heterocycles. The van der Waals surface area contributed by atoms with Crippen LogP contribution in [0, 0.1) is 0 Å². The van der Waals surface area contributed by atoms with E-state index in [4.69, 9.17) is 18.5 Å². The van der Waals surface area contributed by atoms with Crippen LogP contribution in [0.1, 0.15) is 117 Å². The molecule has 0 radical (unpaired) electrons. The number of unbranched alkanes of at least 4 members (excludes halogenated alkanes) is 14. The minimum absolute atomic E-state index is 0.0264. The smallest absolute Gasteiger partial charge is 0.458 e. The first kappa shape index (κ1) is 57.9. The molecular weight excluding hydrogens is 798 g/mol. The van der Waals surface area contributed by atoms with Gasteiger partial charge in [-0.05, 0) is 25.7 Å². The summed E-state index contributed by atoms with van der Waals surface area (Å²) in [6.07, 6.45) is 63.3. The molecule has 0 bridgehead atoms. The van der Waals surface area contributed by atoms with Gasteiger partial charge < -0.3 is 18.9 Å². The van der Waals surface area contributed by atoms with Gasteiger partial charge in [0.2, 0.25) is 0 Å². The Hall–Kier alpha value is -4.11. The first-order valence-corrected chi connectivity index (χ1v) is 24.3. The molecule has 346 valence electrons. The largest absolute Gasteiger partial charge is 0.472 e. The molecule has 0 saturated heterocycles. The molecule has 62 heavy (non-hydrogen) atoms. The Balaban J connectivity index is 4.85. The van der Waals surface area contributed by atoms with Gasteiger partial charge in [-0.1, -0.05) is 225 Å². The van der Waals surface area contributed by atoms with E-state index in [1.54, 1.807) is 24.3 Å². The van der Waals surface area contributed by atoms with Gasteiger partial charge in [-0.25, -0.2) is 14.2 Å². The van der Waals surface area contributed by atoms with Crippen molar-refractivity contribution in [3.63, 3.8) is 0 Å². The summed E-state index contributed by atoms with van der Waals surface area (Å²) in [5.74, 6) is -1.45. The average molecular weight is 879 g/mol. The number of nitrogens with zero attached hydrogens (tertiary/aromatic N) is 1. The number of hydrogen-bond acceptors (Lipinski definition) is 7. The zero-order valence-electron chi connectivity index (χ0n) is 38.8. The highest BCUT2D eigenvalue weighted by Gasteiger charge is 2.26. The van der Waals surface area contributed by atoms with Gasteiger partial charge in [-0.15, -0.1) is 0 Å². The summed E-state index contributed by atoms with van der Waals surface area (Å²) in [6.45, 7) is 3.98. The number of ether oxygens (including phenoxy) is 2. The van der Waals surface area contributed by atoms with Crippen LogP contribution in [0.5, 0.6) is 0 Å². The first-order valence-electron chi connectivity index (χ1n) is 22.8. The molecule has 0 amide bonds. The Morgan fingerprint density at radius 3 is 1.29 bits per heavy atom. The third-order valence-electron chi connectivity index (χ3n) is 8.82. The molecule has 0 aromatic rings. The molecule has 0 heterocycles. The summed E-state index contributed by atoms with van der Waals surface area (Å²) in [5, 5.41) is 0. The van der Waals surface area contributed by atoms with Crippen LogP contribution in [0.3, 0.4) is 0 Å². The van der Waals surface area contributed by atoms with E-state index in [1.165, 1.54) is 114 Å². The van der Waals surface area contributed by atoms with Crippen molar-refractivity contribution in [1.82, 2.24) is 0 Å². The highest BCUT2D eigenvalue weighted by Crippen LogP contribution is 2.43. The van der Waals surface area contributed by atoms with Crippen LogP contribution in [0.2, 0.25) is 0 Å². The summed E-state index contributed by atoms with van der Waals surface area (Å²) in [4.78, 5) is 35.1. The van der Waals surface area contributed by atoms with E-state index in [0.717, 1.165) is 12.8 Å². The van der Waals surface area contributed by atoms with Crippen molar-refractivity contribution >= 4 is 19.8 Å². The van der Waals surface area contributed by atoms with Gasteiger partial charge in [0.25, 0.3) is 0 Å². The number of esters is 2. The van der Waals surface area contributed by atoms with Crippen molar-refractivity contribution in [3.05, 3.63) is 146 Å². The summed E-state index contributed by atoms with van der Waals surface area (Å²) in [6, 6.07) is 0. The van der Waals surface area contributed by atoms with Gasteiger partial charge >= 0.3 is 19.8 Å². The van der Waals surface area contributed by atoms with Gasteiger partial charge in [0, 0.05) is 12.2 Å². The van der Waals surface area contributed by atoms with Crippen molar-refractivity contribution in [1.29, 1.82) is 0 Å². The predicted octanol–water partition coefficient (Wildman–Crippen LogP) is 13.2. The fourth-order valence-electron chi connectivity index (χ4n) is 5.27. The Kier molecular flexibility index (Phi) is 39.4. The van der Waals surface area contributed by atoms with Crippen molar-refractivity contribution in [3.8, 4) is 0 Å². The maximum absolute atomic E-state index is 12.6. The van der Waals surface area contributed by atoms with E-state index >= 15 is 0 Å². The first-order chi connectivity index (χ1) is 30.0. The van der Waals surface area contributed by atoms with Gasteiger partial charge in [-0.2, -0.15) is 0 Å². The molecule has 0 saturated carbocycles. The van der Waals surface area contributed by atoms with E-state index in [0.29, 0.717) is 11.0 Å². The molecule has 0 fully saturated rings. The van der Waals surface area contributed by atoms with E-state index in [1.807, 2.05) is 94.1 Å². The quantitative estimate of drug-likeness (QED) is 0.0163. The van der Waals surface area contributed by atoms with Crippen LogP contribution >= 0.6 is 7.82 Å². The second-order valence-electron chi connectivity index (χ2n) is 15.8. The summed E-state index contributed by atoms with van der Waals surface area (Å²) >= 11 is 0. The normalized spacial score (nSPS) is 14.9. The molecule has 1 unspecified atom stereocenters. The second-order valence-corrected chi connectivity index (χ2v) is 17.2. The molecule has 0 aromatic carbocycles. The molecule has 0 aromatic heterocycles. The Morgan fingerprint density at radius 1 is 0.500 bits per heavy atom. The van der Waals surface area contributed by atoms with Crippen molar-refractivity contribution < 1.29 is 42.1 Å². The van der Waals surface area contributed by atoms with Gasteiger partial charge in [0.05, 0.1) is 27.7 Å². The second kappa shape index (κ2) is 42.2. The molecule has 10 heteroatoms. The number of carbonyl (C=O) groups is 2. The Labute approximate surface area is 376 Å². The summed E-state index contributed by atoms with van der Waals surface area (Å²) in [7, 11) is 1.28. The number of phosphoric acid groups is 1. The lowest BCUT2D eigenvalue weighted by Gasteiger charge is -2.24. The number of carbonyl (C=O) groups excluding carboxylic acids is 2. The molecule has 1 N–H and O–H groups in total. The van der Waals surface area contributed by atoms with Gasteiger partial charge in [0.15, 0.2) is 6.10 Å². The molecular formula is C52H81NO8P+. The fourth-order valence-corrected chi connectivity index (χ4v) is 6.01. The third-order valence-corrected chi connectivity index (χ3v) is 9.80. The Morgan fingerprint density at radius 2 is 0.871 bits per heavy atom. The molecule has 9 nitrogen and oxygen atoms in total. The topological polar surface area (TPSA) is 108 Å². The molecule has 2 atom stereocenters. The predicted molar refractivity (Wildman–Crippen MR) is 260 cm³/mol. The SMILES string of the molecule is CCCCCCCCCC=CC=CC=CC=CC=CC=CC(=O)OC[C@H](COP(=O)(O)OCC[N+](C)(C)C)OC(=O)C=CC=CC=CC=CC=CC=CCCCCCCCCC. The maximum Gasteiger partial charge on any atom is 0.472 e. The number of likely N-dealkylation sites (N-methyl/N-ethyl adjacent to an activating group) is 1. The maximum atomic E-state index is 12.6. The lowest BCUT2D eigenvalue weighted by molar-refractivity contribution is -0.870. The highest BCUT2D eigenvalue weighted by atomic mass is 31.2. The van der Waals surface area contributed by atoms with Crippen LogP contribution in [0.15, 0.2) is 146 Å². The lowest BCUT2D eigenvalue weighted by atomic mass is 10.1. The Bertz CT molecular complexity index is 1550. The number of quaternary nitrogens is 1. The van der Waals surface area contributed by atoms with E-state index in [2.05, 4.69) is 38.2 Å². The van der Waals surface area contributed by atoms with Crippen molar-refractivity contribution in [2.24, 2.45) is 0 Å². The van der Waals surface area contributed by atoms with Crippen LogP contribution < -0.4 is 0 Å². The number of hydrogen-bond donors (Lipinski definition) is 1. The molecule has 0 spiro atoms. The summed E-state index contributed by atoms with van der Waals surface area (Å²) < 4.78 is 33.8. The van der Waals surface area contributed by atoms with Crippen LogP contribution in [-0.4, -0.2) is 74.9 Å². The number of rotatable bonds is 38. The zero-order chi connectivity index (χ0) is 45.7. The third kappa shape index (κ3) is 45.4. The average Bonchev–Trinajstić information content (AvgIpc) is 3.23. The molecule has 0 aliphatic carbocycles. The van der Waals surface area contributed by atoms with Gasteiger partial charge in [0.1, 0.15) is 19.8 Å². The van der Waals surface area contributed by atoms with Crippen molar-refractivity contribution in [2.75, 3.05) is 47.5 Å². The standard InChI is InChI=1S/C52H80NO8P/c1-6-8-10-12-14-16-18-20-22-24-26-28-30-32-34-36-38-40-42-44-51(54)58-48-50(49-60-62(56,57)59-47-46-53(3,4)5)61-52(55)45-43-41-39-37-35-33-31-29-27-25-23-21-19-17-15-13-11-9-7-2/h22-45,50H,6-21,46-49H2,1-5H3/p+1/t50-/m1/s1. The number of phosphoric ester groups is 1. The van der Waals surface area contributed by atoms with Crippen LogP contribution in [0.4, 0.5) is 0 Å². The number of allylic oxidation sites excluding steroid dienone is 22. The van der Waals surface area contributed by atoms with E-state index in [9.17, 15) is 19.0 Å². The fraction of sp³-hybridized carbons (Fsp3) is 0.500. The van der Waals surface area contributed by atoms with E-state index < -0.39 is 39.1 Å². The van der Waals surface area contributed by atoms with Gasteiger partial charge in [-0.3, -0.25) is 9.05 Å². The zero-order valence-corrected chi connectivity index (χ0v) is 39.7.